The standard InChI is InChI=1S/C27H41N3O4S/c1-35(33,34)19-26(31)29(18-20-7-3-2-4-8-20)13-6-14-30-24-11-12-25(30)17-23(16-24)21-9-5-10-22(15-21)27(28)32/h5,9-10,15,20,23-25H,2-4,6-8,11-14,16-19H2,1H3,(H2,28,32)/t23-,24+,25-. The van der Waals surface area contributed by atoms with Crippen LogP contribution in [0, 0.1) is 5.92 Å². The van der Waals surface area contributed by atoms with Crippen LogP contribution in [0.15, 0.2) is 24.3 Å². The summed E-state index contributed by atoms with van der Waals surface area (Å²) in [6, 6.07) is 8.82. The maximum absolute atomic E-state index is 12.8. The number of carbonyl (C=O) groups excluding carboxylic acids is 2. The Morgan fingerprint density at radius 1 is 1.06 bits per heavy atom. The third-order valence-electron chi connectivity index (χ3n) is 8.31. The molecule has 2 heterocycles. The average Bonchev–Trinajstić information content (AvgIpc) is 3.04. The van der Waals surface area contributed by atoms with E-state index in [2.05, 4.69) is 11.0 Å². The molecule has 2 aliphatic heterocycles. The highest BCUT2D eigenvalue weighted by Gasteiger charge is 2.40. The normalized spacial score (nSPS) is 25.5. The van der Waals surface area contributed by atoms with Crippen LogP contribution in [0.1, 0.15) is 86.0 Å². The first-order valence-electron chi connectivity index (χ1n) is 13.3. The second-order valence-corrected chi connectivity index (χ2v) is 13.2. The van der Waals surface area contributed by atoms with Gasteiger partial charge in [-0.15, -0.1) is 0 Å². The van der Waals surface area contributed by atoms with Crippen LogP contribution in [0.25, 0.3) is 0 Å². The second-order valence-electron chi connectivity index (χ2n) is 11.0. The lowest BCUT2D eigenvalue weighted by Gasteiger charge is -2.39. The molecule has 3 fully saturated rings. The number of nitrogens with zero attached hydrogens (tertiary/aromatic N) is 2. The Labute approximate surface area is 210 Å². The van der Waals surface area contributed by atoms with Crippen molar-refractivity contribution in [1.82, 2.24) is 9.80 Å². The lowest BCUT2D eigenvalue weighted by atomic mass is 9.84. The van der Waals surface area contributed by atoms with Gasteiger partial charge in [0.2, 0.25) is 11.8 Å². The molecule has 4 rings (SSSR count). The van der Waals surface area contributed by atoms with E-state index < -0.39 is 9.84 Å². The number of carbonyl (C=O) groups is 2. The smallest absolute Gasteiger partial charge is 0.248 e. The Balaban J connectivity index is 1.33. The number of primary amides is 1. The molecule has 8 heteroatoms. The van der Waals surface area contributed by atoms with Gasteiger partial charge in [-0.05, 0) is 74.5 Å². The molecule has 0 radical (unpaired) electrons. The van der Waals surface area contributed by atoms with E-state index in [-0.39, 0.29) is 17.6 Å². The number of sulfone groups is 1. The summed E-state index contributed by atoms with van der Waals surface area (Å²) in [5.41, 5.74) is 7.27. The zero-order valence-corrected chi connectivity index (χ0v) is 21.8. The van der Waals surface area contributed by atoms with E-state index >= 15 is 0 Å². The summed E-state index contributed by atoms with van der Waals surface area (Å²) in [7, 11) is -3.33. The van der Waals surface area contributed by atoms with Gasteiger partial charge in [0.1, 0.15) is 5.75 Å². The van der Waals surface area contributed by atoms with Crippen molar-refractivity contribution in [3.63, 3.8) is 0 Å². The molecular formula is C27H41N3O4S. The Hall–Kier alpha value is -1.93. The molecule has 2 saturated heterocycles. The first-order valence-corrected chi connectivity index (χ1v) is 15.4. The number of amides is 2. The van der Waals surface area contributed by atoms with Gasteiger partial charge in [0.05, 0.1) is 0 Å². The number of fused-ring (bicyclic) bond motifs is 2. The Bertz CT molecular complexity index is 991. The van der Waals surface area contributed by atoms with E-state index in [1.807, 2.05) is 17.0 Å². The monoisotopic (exact) mass is 503 g/mol. The minimum absolute atomic E-state index is 0.242. The van der Waals surface area contributed by atoms with Gasteiger partial charge in [-0.2, -0.15) is 0 Å². The van der Waals surface area contributed by atoms with Crippen molar-refractivity contribution in [3.05, 3.63) is 35.4 Å². The molecule has 0 spiro atoms. The third kappa shape index (κ3) is 7.06. The molecule has 3 atom stereocenters. The molecule has 2 N–H and O–H groups in total. The van der Waals surface area contributed by atoms with Crippen molar-refractivity contribution in [1.29, 1.82) is 0 Å². The summed E-state index contributed by atoms with van der Waals surface area (Å²) < 4.78 is 23.6. The van der Waals surface area contributed by atoms with Gasteiger partial charge in [0, 0.05) is 43.5 Å². The fourth-order valence-electron chi connectivity index (χ4n) is 6.62. The Morgan fingerprint density at radius 2 is 1.74 bits per heavy atom. The van der Waals surface area contributed by atoms with Crippen molar-refractivity contribution in [2.45, 2.75) is 82.2 Å². The Morgan fingerprint density at radius 3 is 2.37 bits per heavy atom. The maximum atomic E-state index is 12.8. The van der Waals surface area contributed by atoms with Gasteiger partial charge in [-0.25, -0.2) is 8.42 Å². The fourth-order valence-corrected chi connectivity index (χ4v) is 7.25. The molecule has 0 aromatic heterocycles. The van der Waals surface area contributed by atoms with Gasteiger partial charge in [-0.1, -0.05) is 31.4 Å². The summed E-state index contributed by atoms with van der Waals surface area (Å²) in [6.45, 7) is 2.26. The summed E-state index contributed by atoms with van der Waals surface area (Å²) in [5, 5.41) is 0. The molecule has 194 valence electrons. The topological polar surface area (TPSA) is 101 Å². The van der Waals surface area contributed by atoms with Crippen molar-refractivity contribution in [3.8, 4) is 0 Å². The van der Waals surface area contributed by atoms with Crippen molar-refractivity contribution in [2.24, 2.45) is 11.7 Å². The van der Waals surface area contributed by atoms with Crippen LogP contribution in [-0.4, -0.2) is 73.8 Å². The zero-order chi connectivity index (χ0) is 25.0. The predicted molar refractivity (Wildman–Crippen MR) is 138 cm³/mol. The number of benzene rings is 1. The molecule has 1 aromatic rings. The van der Waals surface area contributed by atoms with Crippen LogP contribution in [0.4, 0.5) is 0 Å². The highest BCUT2D eigenvalue weighted by Crippen LogP contribution is 2.43. The molecule has 3 aliphatic rings. The number of piperidine rings is 1. The zero-order valence-electron chi connectivity index (χ0n) is 21.0. The molecule has 2 amide bonds. The third-order valence-corrected chi connectivity index (χ3v) is 9.08. The number of nitrogens with two attached hydrogens (primary N) is 1. The lowest BCUT2D eigenvalue weighted by Crippen LogP contribution is -2.45. The molecule has 1 aliphatic carbocycles. The van der Waals surface area contributed by atoms with E-state index in [1.165, 1.54) is 37.7 Å². The largest absolute Gasteiger partial charge is 0.366 e. The highest BCUT2D eigenvalue weighted by atomic mass is 32.2. The molecule has 7 nitrogen and oxygen atoms in total. The minimum Gasteiger partial charge on any atom is -0.366 e. The fraction of sp³-hybridized carbons (Fsp3) is 0.704. The average molecular weight is 504 g/mol. The van der Waals surface area contributed by atoms with Crippen molar-refractivity contribution < 1.29 is 18.0 Å². The summed E-state index contributed by atoms with van der Waals surface area (Å²) >= 11 is 0. The summed E-state index contributed by atoms with van der Waals surface area (Å²) in [4.78, 5) is 28.9. The van der Waals surface area contributed by atoms with Crippen LogP contribution in [-0.2, 0) is 14.6 Å². The van der Waals surface area contributed by atoms with Gasteiger partial charge in [0.15, 0.2) is 9.84 Å². The Kier molecular flexibility index (Phi) is 8.53. The van der Waals surface area contributed by atoms with Crippen molar-refractivity contribution in [2.75, 3.05) is 31.6 Å². The number of hydrogen-bond acceptors (Lipinski definition) is 5. The van der Waals surface area contributed by atoms with Crippen LogP contribution in [0.5, 0.6) is 0 Å². The van der Waals surface area contributed by atoms with Gasteiger partial charge in [0.25, 0.3) is 0 Å². The van der Waals surface area contributed by atoms with E-state index in [9.17, 15) is 18.0 Å². The van der Waals surface area contributed by atoms with E-state index in [0.717, 1.165) is 44.9 Å². The van der Waals surface area contributed by atoms with E-state index in [1.54, 1.807) is 6.07 Å². The highest BCUT2D eigenvalue weighted by molar-refractivity contribution is 7.91. The summed E-state index contributed by atoms with van der Waals surface area (Å²) in [5.74, 6) is -0.0668. The van der Waals surface area contributed by atoms with Crippen LogP contribution >= 0.6 is 0 Å². The van der Waals surface area contributed by atoms with Gasteiger partial charge >= 0.3 is 0 Å². The molecule has 0 unspecified atom stereocenters. The first kappa shape index (κ1) is 26.1. The lowest BCUT2D eigenvalue weighted by molar-refractivity contribution is -0.129. The SMILES string of the molecule is CS(=O)(=O)CC(=O)N(CCCN1[C@@H]2CC[C@H]1C[C@@H](c1cccc(C(N)=O)c1)C2)CC1CCCCC1. The molecule has 1 saturated carbocycles. The molecule has 1 aromatic carbocycles. The molecule has 2 bridgehead atoms. The molecular weight excluding hydrogens is 462 g/mol. The van der Waals surface area contributed by atoms with E-state index in [0.29, 0.717) is 42.6 Å². The van der Waals surface area contributed by atoms with Gasteiger partial charge in [-0.3, -0.25) is 14.5 Å². The number of rotatable bonds is 10. The quantitative estimate of drug-likeness (QED) is 0.528. The van der Waals surface area contributed by atoms with Crippen LogP contribution < -0.4 is 5.73 Å². The molecule has 35 heavy (non-hydrogen) atoms. The maximum Gasteiger partial charge on any atom is 0.248 e. The first-order chi connectivity index (χ1) is 16.7. The summed E-state index contributed by atoms with van der Waals surface area (Å²) in [6.07, 6.45) is 12.5. The van der Waals surface area contributed by atoms with Crippen LogP contribution in [0.3, 0.4) is 0 Å². The number of hydrogen-bond donors (Lipinski definition) is 1. The second kappa shape index (κ2) is 11.4. The van der Waals surface area contributed by atoms with Crippen molar-refractivity contribution >= 4 is 21.7 Å². The van der Waals surface area contributed by atoms with Crippen LogP contribution in [0.2, 0.25) is 0 Å². The van der Waals surface area contributed by atoms with Gasteiger partial charge < -0.3 is 10.6 Å². The predicted octanol–water partition coefficient (Wildman–Crippen LogP) is 3.34. The minimum atomic E-state index is -3.33. The van der Waals surface area contributed by atoms with E-state index in [4.69, 9.17) is 5.73 Å².